The molecular formula is C27H30N2O6. The largest absolute Gasteiger partial charge is 0.480 e. The number of rotatable bonds is 5. The fourth-order valence-corrected chi connectivity index (χ4v) is 5.58. The average Bonchev–Trinajstić information content (AvgIpc) is 3.44. The number of alkyl carbamates (subject to hydrolysis) is 1. The van der Waals surface area contributed by atoms with E-state index < -0.39 is 30.3 Å². The van der Waals surface area contributed by atoms with Gasteiger partial charge in [0, 0.05) is 19.1 Å². The lowest BCUT2D eigenvalue weighted by molar-refractivity contribution is -0.158. The van der Waals surface area contributed by atoms with Crippen LogP contribution in [0.4, 0.5) is 4.79 Å². The molecule has 0 spiro atoms. The Kier molecular flexibility index (Phi) is 6.47. The number of fused-ring (bicyclic) bond motifs is 3. The molecule has 5 rings (SSSR count). The average molecular weight is 479 g/mol. The Morgan fingerprint density at radius 2 is 1.71 bits per heavy atom. The topological polar surface area (TPSA) is 105 Å². The summed E-state index contributed by atoms with van der Waals surface area (Å²) in [6.45, 7) is 2.85. The summed E-state index contributed by atoms with van der Waals surface area (Å²) in [5, 5.41) is 12.4. The van der Waals surface area contributed by atoms with Gasteiger partial charge in [-0.15, -0.1) is 0 Å². The van der Waals surface area contributed by atoms with Crippen molar-refractivity contribution in [2.24, 2.45) is 5.92 Å². The number of carboxylic acids is 1. The van der Waals surface area contributed by atoms with E-state index in [1.165, 1.54) is 4.90 Å². The van der Waals surface area contributed by atoms with E-state index in [1.807, 2.05) is 31.2 Å². The Morgan fingerprint density at radius 1 is 1.06 bits per heavy atom. The molecule has 2 heterocycles. The van der Waals surface area contributed by atoms with Gasteiger partial charge in [-0.3, -0.25) is 4.79 Å². The molecule has 0 saturated carbocycles. The number of ether oxygens (including phenoxy) is 2. The molecule has 3 aliphatic rings. The predicted molar refractivity (Wildman–Crippen MR) is 128 cm³/mol. The Labute approximate surface area is 204 Å². The van der Waals surface area contributed by atoms with Crippen LogP contribution in [0.15, 0.2) is 48.5 Å². The van der Waals surface area contributed by atoms with Gasteiger partial charge in [-0.25, -0.2) is 9.59 Å². The van der Waals surface area contributed by atoms with Crippen LogP contribution in [-0.2, 0) is 19.1 Å². The monoisotopic (exact) mass is 478 g/mol. The fraction of sp³-hybridized carbons (Fsp3) is 0.444. The summed E-state index contributed by atoms with van der Waals surface area (Å²) >= 11 is 0. The van der Waals surface area contributed by atoms with E-state index in [9.17, 15) is 19.5 Å². The molecule has 0 bridgehead atoms. The predicted octanol–water partition coefficient (Wildman–Crippen LogP) is 3.39. The first kappa shape index (κ1) is 23.4. The Morgan fingerprint density at radius 3 is 2.37 bits per heavy atom. The number of carbonyl (C=O) groups excluding carboxylic acids is 2. The number of benzene rings is 2. The number of carboxylic acid groups (broad SMARTS) is 1. The Balaban J connectivity index is 1.23. The van der Waals surface area contributed by atoms with Gasteiger partial charge in [-0.2, -0.15) is 0 Å². The highest BCUT2D eigenvalue weighted by Crippen LogP contribution is 2.44. The molecule has 2 amide bonds. The first-order valence-electron chi connectivity index (χ1n) is 12.2. The van der Waals surface area contributed by atoms with Crippen LogP contribution in [0.1, 0.15) is 43.2 Å². The minimum Gasteiger partial charge on any atom is -0.480 e. The summed E-state index contributed by atoms with van der Waals surface area (Å²) in [6, 6.07) is 14.8. The van der Waals surface area contributed by atoms with Crippen LogP contribution in [0.3, 0.4) is 0 Å². The van der Waals surface area contributed by atoms with Crippen LogP contribution < -0.4 is 5.32 Å². The number of piperidine rings is 1. The zero-order chi connectivity index (χ0) is 24.5. The molecule has 4 unspecified atom stereocenters. The summed E-state index contributed by atoms with van der Waals surface area (Å²) in [5.41, 5.74) is 4.54. The molecule has 35 heavy (non-hydrogen) atoms. The van der Waals surface area contributed by atoms with Gasteiger partial charge in [0.2, 0.25) is 0 Å². The van der Waals surface area contributed by atoms with Gasteiger partial charge in [0.05, 0.1) is 6.04 Å². The first-order valence-corrected chi connectivity index (χ1v) is 12.2. The molecule has 2 fully saturated rings. The number of likely N-dealkylation sites (tertiary alicyclic amines) is 1. The van der Waals surface area contributed by atoms with Gasteiger partial charge in [0.25, 0.3) is 5.91 Å². The molecule has 1 aliphatic carbocycles. The van der Waals surface area contributed by atoms with E-state index in [0.29, 0.717) is 26.0 Å². The normalized spacial score (nSPS) is 25.6. The third-order valence-corrected chi connectivity index (χ3v) is 7.41. The van der Waals surface area contributed by atoms with Crippen LogP contribution in [0, 0.1) is 5.92 Å². The molecule has 2 N–H and O–H groups in total. The van der Waals surface area contributed by atoms with Crippen molar-refractivity contribution in [2.45, 2.75) is 50.3 Å². The van der Waals surface area contributed by atoms with E-state index in [2.05, 4.69) is 29.6 Å². The smallest absolute Gasteiger partial charge is 0.407 e. The van der Waals surface area contributed by atoms with Crippen molar-refractivity contribution >= 4 is 18.0 Å². The third kappa shape index (κ3) is 4.50. The number of hydrogen-bond donors (Lipinski definition) is 2. The lowest BCUT2D eigenvalue weighted by Gasteiger charge is -2.37. The molecule has 0 aromatic heterocycles. The Bertz CT molecular complexity index is 1090. The van der Waals surface area contributed by atoms with Crippen molar-refractivity contribution < 1.29 is 29.0 Å². The summed E-state index contributed by atoms with van der Waals surface area (Å²) in [4.78, 5) is 39.1. The lowest BCUT2D eigenvalue weighted by atomic mass is 9.91. The van der Waals surface area contributed by atoms with Crippen LogP contribution in [0.25, 0.3) is 11.1 Å². The summed E-state index contributed by atoms with van der Waals surface area (Å²) < 4.78 is 11.3. The van der Waals surface area contributed by atoms with Crippen LogP contribution in [0.5, 0.6) is 0 Å². The van der Waals surface area contributed by atoms with E-state index in [4.69, 9.17) is 9.47 Å². The quantitative estimate of drug-likeness (QED) is 0.683. The van der Waals surface area contributed by atoms with Crippen molar-refractivity contribution in [1.29, 1.82) is 0 Å². The van der Waals surface area contributed by atoms with Crippen LogP contribution in [-0.4, -0.2) is 65.9 Å². The molecule has 0 radical (unpaired) electrons. The van der Waals surface area contributed by atoms with Gasteiger partial charge in [0.1, 0.15) is 12.6 Å². The minimum absolute atomic E-state index is 0.0583. The van der Waals surface area contributed by atoms with Crippen molar-refractivity contribution in [3.05, 3.63) is 59.7 Å². The summed E-state index contributed by atoms with van der Waals surface area (Å²) in [6.07, 6.45) is 0.0982. The van der Waals surface area contributed by atoms with E-state index in [-0.39, 0.29) is 24.3 Å². The standard InChI is InChI=1S/C27H30N2O6/c1-16-10-12-29(23(14-16)26(31)32)25(30)24-22(11-13-34-24)28-27(33)35-15-21-19-8-4-2-6-17(19)18-7-3-5-9-20(18)21/h2-9,16,21-24H,10-15H2,1H3,(H,28,33)(H,31,32). The number of aliphatic carboxylic acids is 1. The second-order valence-corrected chi connectivity index (χ2v) is 9.67. The van der Waals surface area contributed by atoms with E-state index >= 15 is 0 Å². The molecule has 2 aromatic rings. The number of nitrogens with one attached hydrogen (secondary N) is 1. The number of hydrogen-bond acceptors (Lipinski definition) is 5. The molecule has 8 nitrogen and oxygen atoms in total. The van der Waals surface area contributed by atoms with Gasteiger partial charge < -0.3 is 24.8 Å². The molecule has 2 saturated heterocycles. The third-order valence-electron chi connectivity index (χ3n) is 7.41. The van der Waals surface area contributed by atoms with Crippen molar-refractivity contribution in [3.8, 4) is 11.1 Å². The van der Waals surface area contributed by atoms with Crippen LogP contribution >= 0.6 is 0 Å². The van der Waals surface area contributed by atoms with Gasteiger partial charge in [0.15, 0.2) is 6.10 Å². The van der Waals surface area contributed by atoms with Gasteiger partial charge >= 0.3 is 12.1 Å². The first-order chi connectivity index (χ1) is 16.9. The minimum atomic E-state index is -1.01. The van der Waals surface area contributed by atoms with Crippen molar-refractivity contribution in [2.75, 3.05) is 19.8 Å². The molecule has 184 valence electrons. The number of carbonyl (C=O) groups is 3. The maximum absolute atomic E-state index is 13.2. The van der Waals surface area contributed by atoms with Crippen LogP contribution in [0.2, 0.25) is 0 Å². The Hall–Kier alpha value is -3.39. The second kappa shape index (κ2) is 9.70. The maximum atomic E-state index is 13.2. The van der Waals surface area contributed by atoms with Crippen molar-refractivity contribution in [3.63, 3.8) is 0 Å². The molecule has 4 atom stereocenters. The second-order valence-electron chi connectivity index (χ2n) is 9.67. The lowest BCUT2D eigenvalue weighted by Crippen LogP contribution is -2.56. The summed E-state index contributed by atoms with van der Waals surface area (Å²) in [7, 11) is 0. The molecular weight excluding hydrogens is 448 g/mol. The fourth-order valence-electron chi connectivity index (χ4n) is 5.58. The van der Waals surface area contributed by atoms with Gasteiger partial charge in [-0.1, -0.05) is 55.5 Å². The molecule has 2 aromatic carbocycles. The molecule has 8 heteroatoms. The maximum Gasteiger partial charge on any atom is 0.407 e. The SMILES string of the molecule is CC1CCN(C(=O)C2OCCC2NC(=O)OCC2c3ccccc3-c3ccccc32)C(C(=O)O)C1. The van der Waals surface area contributed by atoms with E-state index in [1.54, 1.807) is 0 Å². The highest BCUT2D eigenvalue weighted by molar-refractivity contribution is 5.88. The zero-order valence-corrected chi connectivity index (χ0v) is 19.7. The number of nitrogens with zero attached hydrogens (tertiary/aromatic N) is 1. The van der Waals surface area contributed by atoms with Gasteiger partial charge in [-0.05, 0) is 47.4 Å². The summed E-state index contributed by atoms with van der Waals surface area (Å²) in [5.74, 6) is -1.22. The highest BCUT2D eigenvalue weighted by Gasteiger charge is 2.43. The van der Waals surface area contributed by atoms with E-state index in [0.717, 1.165) is 28.7 Å². The highest BCUT2D eigenvalue weighted by atomic mass is 16.6. The number of amides is 2. The van der Waals surface area contributed by atoms with Crippen molar-refractivity contribution in [1.82, 2.24) is 10.2 Å². The molecule has 2 aliphatic heterocycles. The zero-order valence-electron chi connectivity index (χ0n) is 19.7.